The minimum absolute atomic E-state index is 0.0986. The van der Waals surface area contributed by atoms with Crippen molar-refractivity contribution in [3.8, 4) is 5.75 Å². The largest absolute Gasteiger partial charge is 0.493 e. The molecule has 1 heterocycles. The lowest BCUT2D eigenvalue weighted by Crippen LogP contribution is -2.42. The van der Waals surface area contributed by atoms with Gasteiger partial charge in [0.1, 0.15) is 11.6 Å². The van der Waals surface area contributed by atoms with Gasteiger partial charge in [-0.2, -0.15) is 0 Å². The second-order valence-corrected chi connectivity index (χ2v) is 8.79. The van der Waals surface area contributed by atoms with Crippen LogP contribution in [-0.4, -0.2) is 32.4 Å². The fraction of sp³-hybridized carbons (Fsp3) is 0.400. The van der Waals surface area contributed by atoms with Gasteiger partial charge in [0.25, 0.3) is 0 Å². The number of hydrogen-bond donors (Lipinski definition) is 0. The third-order valence-electron chi connectivity index (χ3n) is 4.71. The number of ether oxygens (including phenoxy) is 1. The summed E-state index contributed by atoms with van der Waals surface area (Å²) < 4.78 is 45.9. The van der Waals surface area contributed by atoms with E-state index in [2.05, 4.69) is 0 Å². The van der Waals surface area contributed by atoms with Gasteiger partial charge in [0, 0.05) is 19.0 Å². The monoisotopic (exact) mass is 377 g/mol. The molecule has 0 amide bonds. The second kappa shape index (κ2) is 8.18. The Morgan fingerprint density at radius 2 is 1.88 bits per heavy atom. The van der Waals surface area contributed by atoms with Crippen LogP contribution >= 0.6 is 0 Å². The first-order valence-corrected chi connectivity index (χ1v) is 10.5. The van der Waals surface area contributed by atoms with Gasteiger partial charge in [-0.05, 0) is 49.1 Å². The fourth-order valence-electron chi connectivity index (χ4n) is 3.22. The highest BCUT2D eigenvalue weighted by atomic mass is 32.2. The van der Waals surface area contributed by atoms with Gasteiger partial charge in [0.05, 0.1) is 12.4 Å². The molecule has 0 spiro atoms. The van der Waals surface area contributed by atoms with E-state index in [1.165, 1.54) is 24.3 Å². The zero-order chi connectivity index (χ0) is 18.6. The summed E-state index contributed by atoms with van der Waals surface area (Å²) in [4.78, 5) is 0. The SMILES string of the molecule is Cc1ccccc1OCC1CCCN(S(=O)(=O)Cc2ccc(F)cc2)C1. The Bertz CT molecular complexity index is 836. The molecule has 0 aromatic heterocycles. The maximum Gasteiger partial charge on any atom is 0.218 e. The van der Waals surface area contributed by atoms with Crippen LogP contribution in [0.15, 0.2) is 48.5 Å². The molecule has 4 nitrogen and oxygen atoms in total. The van der Waals surface area contributed by atoms with E-state index in [1.54, 1.807) is 4.31 Å². The van der Waals surface area contributed by atoms with Gasteiger partial charge in [-0.1, -0.05) is 30.3 Å². The van der Waals surface area contributed by atoms with Crippen molar-refractivity contribution < 1.29 is 17.5 Å². The van der Waals surface area contributed by atoms with E-state index in [4.69, 9.17) is 4.74 Å². The van der Waals surface area contributed by atoms with Crippen molar-refractivity contribution in [2.45, 2.75) is 25.5 Å². The smallest absolute Gasteiger partial charge is 0.218 e. The summed E-state index contributed by atoms with van der Waals surface area (Å²) in [6, 6.07) is 13.5. The number of aryl methyl sites for hydroxylation is 1. The summed E-state index contributed by atoms with van der Waals surface area (Å²) in [5, 5.41) is 0. The van der Waals surface area contributed by atoms with Gasteiger partial charge < -0.3 is 4.74 Å². The zero-order valence-electron chi connectivity index (χ0n) is 14.9. The molecule has 1 atom stereocenters. The summed E-state index contributed by atoms with van der Waals surface area (Å²) in [5.74, 6) is 0.557. The fourth-order valence-corrected chi connectivity index (χ4v) is 4.87. The average molecular weight is 377 g/mol. The van der Waals surface area contributed by atoms with Crippen molar-refractivity contribution in [3.63, 3.8) is 0 Å². The van der Waals surface area contributed by atoms with E-state index >= 15 is 0 Å². The molecule has 1 unspecified atom stereocenters. The van der Waals surface area contributed by atoms with Crippen LogP contribution in [-0.2, 0) is 15.8 Å². The van der Waals surface area contributed by atoms with Crippen LogP contribution in [0.4, 0.5) is 4.39 Å². The first-order valence-electron chi connectivity index (χ1n) is 8.85. The summed E-state index contributed by atoms with van der Waals surface area (Å²) in [6.45, 7) is 3.50. The Morgan fingerprint density at radius 3 is 2.62 bits per heavy atom. The molecule has 26 heavy (non-hydrogen) atoms. The maximum atomic E-state index is 13.0. The highest BCUT2D eigenvalue weighted by Crippen LogP contribution is 2.24. The zero-order valence-corrected chi connectivity index (χ0v) is 15.7. The molecule has 0 radical (unpaired) electrons. The van der Waals surface area contributed by atoms with E-state index in [1.807, 2.05) is 31.2 Å². The normalized spacial score (nSPS) is 18.6. The summed E-state index contributed by atoms with van der Waals surface area (Å²) >= 11 is 0. The number of nitrogens with zero attached hydrogens (tertiary/aromatic N) is 1. The second-order valence-electron chi connectivity index (χ2n) is 6.83. The molecule has 140 valence electrons. The predicted octanol–water partition coefficient (Wildman–Crippen LogP) is 3.75. The Morgan fingerprint density at radius 1 is 1.15 bits per heavy atom. The van der Waals surface area contributed by atoms with Crippen molar-refractivity contribution >= 4 is 10.0 Å². The lowest BCUT2D eigenvalue weighted by Gasteiger charge is -2.32. The summed E-state index contributed by atoms with van der Waals surface area (Å²) in [5.41, 5.74) is 1.67. The highest BCUT2D eigenvalue weighted by molar-refractivity contribution is 7.88. The van der Waals surface area contributed by atoms with Crippen LogP contribution in [0.25, 0.3) is 0 Å². The summed E-state index contributed by atoms with van der Waals surface area (Å²) in [7, 11) is -3.42. The number of para-hydroxylation sites is 1. The summed E-state index contributed by atoms with van der Waals surface area (Å²) in [6.07, 6.45) is 1.78. The molecule has 0 saturated carbocycles. The van der Waals surface area contributed by atoms with E-state index < -0.39 is 10.0 Å². The van der Waals surface area contributed by atoms with Gasteiger partial charge in [0.2, 0.25) is 10.0 Å². The third-order valence-corrected chi connectivity index (χ3v) is 6.52. The van der Waals surface area contributed by atoms with Gasteiger partial charge in [-0.15, -0.1) is 0 Å². The van der Waals surface area contributed by atoms with Gasteiger partial charge >= 0.3 is 0 Å². The minimum atomic E-state index is -3.42. The molecule has 0 N–H and O–H groups in total. The lowest BCUT2D eigenvalue weighted by atomic mass is 10.0. The first-order chi connectivity index (χ1) is 12.4. The van der Waals surface area contributed by atoms with E-state index in [9.17, 15) is 12.8 Å². The Labute approximate surface area is 154 Å². The van der Waals surface area contributed by atoms with Crippen LogP contribution in [0.5, 0.6) is 5.75 Å². The molecular formula is C20H24FNO3S. The molecule has 0 bridgehead atoms. The van der Waals surface area contributed by atoms with Crippen molar-refractivity contribution in [2.24, 2.45) is 5.92 Å². The van der Waals surface area contributed by atoms with Gasteiger partial charge in [-0.3, -0.25) is 0 Å². The van der Waals surface area contributed by atoms with Gasteiger partial charge in [-0.25, -0.2) is 17.1 Å². The Kier molecular flexibility index (Phi) is 5.94. The number of sulfonamides is 1. The number of rotatable bonds is 6. The minimum Gasteiger partial charge on any atom is -0.493 e. The molecule has 1 saturated heterocycles. The Balaban J connectivity index is 1.60. The molecule has 2 aromatic carbocycles. The van der Waals surface area contributed by atoms with E-state index in [0.717, 1.165) is 24.2 Å². The number of benzene rings is 2. The third kappa shape index (κ3) is 4.83. The van der Waals surface area contributed by atoms with Crippen LogP contribution < -0.4 is 4.74 Å². The lowest BCUT2D eigenvalue weighted by molar-refractivity contribution is 0.179. The number of piperidine rings is 1. The van der Waals surface area contributed by atoms with Crippen molar-refractivity contribution in [3.05, 3.63) is 65.5 Å². The standard InChI is InChI=1S/C20H24FNO3S/c1-16-5-2-3-7-20(16)25-14-18-6-4-12-22(13-18)26(23,24)15-17-8-10-19(21)11-9-17/h2-3,5,7-11,18H,4,6,12-15H2,1H3. The predicted molar refractivity (Wildman–Crippen MR) is 100.0 cm³/mol. The highest BCUT2D eigenvalue weighted by Gasteiger charge is 2.29. The van der Waals surface area contributed by atoms with E-state index in [-0.39, 0.29) is 17.5 Å². The molecule has 1 fully saturated rings. The van der Waals surface area contributed by atoms with E-state index in [0.29, 0.717) is 25.3 Å². The van der Waals surface area contributed by atoms with Crippen LogP contribution in [0.1, 0.15) is 24.0 Å². The molecule has 3 rings (SSSR count). The number of halogens is 1. The molecule has 0 aliphatic carbocycles. The van der Waals surface area contributed by atoms with Crippen LogP contribution in [0.2, 0.25) is 0 Å². The van der Waals surface area contributed by atoms with Crippen LogP contribution in [0, 0.1) is 18.7 Å². The molecule has 6 heteroatoms. The molecule has 1 aliphatic rings. The molecule has 1 aliphatic heterocycles. The average Bonchev–Trinajstić information content (AvgIpc) is 2.63. The van der Waals surface area contributed by atoms with Crippen molar-refractivity contribution in [1.82, 2.24) is 4.31 Å². The maximum absolute atomic E-state index is 13.0. The topological polar surface area (TPSA) is 46.6 Å². The molecule has 2 aromatic rings. The van der Waals surface area contributed by atoms with Crippen LogP contribution in [0.3, 0.4) is 0 Å². The Hall–Kier alpha value is -1.92. The van der Waals surface area contributed by atoms with Crippen molar-refractivity contribution in [1.29, 1.82) is 0 Å². The van der Waals surface area contributed by atoms with Gasteiger partial charge in [0.15, 0.2) is 0 Å². The molecular weight excluding hydrogens is 353 g/mol. The number of hydrogen-bond acceptors (Lipinski definition) is 3. The quantitative estimate of drug-likeness (QED) is 0.770. The van der Waals surface area contributed by atoms with Crippen molar-refractivity contribution in [2.75, 3.05) is 19.7 Å². The first kappa shape index (κ1) is 18.9.